The van der Waals surface area contributed by atoms with E-state index < -0.39 is 6.04 Å². The highest BCUT2D eigenvalue weighted by atomic mass is 32.2. The quantitative estimate of drug-likeness (QED) is 0.714. The van der Waals surface area contributed by atoms with Crippen LogP contribution in [0.4, 0.5) is 0 Å². The van der Waals surface area contributed by atoms with Gasteiger partial charge < -0.3 is 10.6 Å². The van der Waals surface area contributed by atoms with E-state index in [2.05, 4.69) is 16.7 Å². The van der Waals surface area contributed by atoms with Gasteiger partial charge in [0.2, 0.25) is 11.8 Å². The van der Waals surface area contributed by atoms with Gasteiger partial charge in [-0.2, -0.15) is 17.0 Å². The van der Waals surface area contributed by atoms with E-state index >= 15 is 0 Å². The Balaban J connectivity index is 2.35. The molecule has 0 saturated carbocycles. The van der Waals surface area contributed by atoms with Crippen LogP contribution in [0.25, 0.3) is 0 Å². The van der Waals surface area contributed by atoms with E-state index in [1.165, 1.54) is 6.92 Å². The number of carbonyl (C=O) groups excluding carboxylic acids is 2. The Morgan fingerprint density at radius 1 is 1.30 bits per heavy atom. The van der Waals surface area contributed by atoms with Crippen LogP contribution in [0.5, 0.6) is 0 Å². The molecule has 124 valence electrons. The van der Waals surface area contributed by atoms with Crippen LogP contribution in [0.1, 0.15) is 31.9 Å². The molecule has 0 spiro atoms. The van der Waals surface area contributed by atoms with Crippen molar-refractivity contribution in [1.29, 1.82) is 5.26 Å². The number of nitrogens with zero attached hydrogens (tertiary/aromatic N) is 1. The maximum Gasteiger partial charge on any atom is 0.242 e. The number of hydrogen-bond acceptors (Lipinski definition) is 4. The molecule has 0 heterocycles. The normalized spacial score (nSPS) is 11.6. The number of hydrogen-bond donors (Lipinski definition) is 2. The molecule has 2 amide bonds. The van der Waals surface area contributed by atoms with Crippen molar-refractivity contribution in [3.63, 3.8) is 0 Å². The van der Waals surface area contributed by atoms with Crippen LogP contribution in [-0.4, -0.2) is 30.2 Å². The number of nitriles is 1. The Morgan fingerprint density at radius 3 is 2.61 bits per heavy atom. The Labute approximate surface area is 141 Å². The summed E-state index contributed by atoms with van der Waals surface area (Å²) >= 11 is 1.66. The fourth-order valence-electron chi connectivity index (χ4n) is 2.05. The Hall–Kier alpha value is -2.00. The van der Waals surface area contributed by atoms with E-state index in [1.54, 1.807) is 17.8 Å². The van der Waals surface area contributed by atoms with Crippen molar-refractivity contribution < 1.29 is 9.59 Å². The van der Waals surface area contributed by atoms with Gasteiger partial charge in [0.15, 0.2) is 0 Å². The molecule has 2 N–H and O–H groups in total. The second-order valence-electron chi connectivity index (χ2n) is 5.53. The third-order valence-electron chi connectivity index (χ3n) is 3.25. The predicted octanol–water partition coefficient (Wildman–Crippen LogP) is 2.07. The third kappa shape index (κ3) is 6.74. The minimum Gasteiger partial charge on any atom is -0.353 e. The molecule has 0 aliphatic carbocycles. The fraction of sp³-hybridized carbons (Fsp3) is 0.471. The lowest BCUT2D eigenvalue weighted by atomic mass is 10.0. The largest absolute Gasteiger partial charge is 0.353 e. The second-order valence-corrected chi connectivity index (χ2v) is 6.64. The van der Waals surface area contributed by atoms with Gasteiger partial charge >= 0.3 is 0 Å². The number of nitrogens with one attached hydrogen (secondary N) is 2. The van der Waals surface area contributed by atoms with Crippen LogP contribution >= 0.6 is 11.8 Å². The number of thioether (sulfide) groups is 1. The van der Waals surface area contributed by atoms with Gasteiger partial charge in [0, 0.05) is 25.0 Å². The molecular weight excluding hydrogens is 310 g/mol. The molecule has 1 rings (SSSR count). The number of rotatable bonds is 8. The predicted molar refractivity (Wildman–Crippen MR) is 92.8 cm³/mol. The van der Waals surface area contributed by atoms with Gasteiger partial charge in [0.25, 0.3) is 0 Å². The third-order valence-corrected chi connectivity index (χ3v) is 4.26. The summed E-state index contributed by atoms with van der Waals surface area (Å²) in [6, 6.07) is 9.18. The molecule has 23 heavy (non-hydrogen) atoms. The van der Waals surface area contributed by atoms with E-state index in [4.69, 9.17) is 5.26 Å². The van der Waals surface area contributed by atoms with Crippen molar-refractivity contribution >= 4 is 23.6 Å². The standard InChI is InChI=1S/C17H23N3O2S/c1-12(2)16(20-13(3)21)17(22)19-8-9-23-11-15-7-5-4-6-14(15)10-18/h4-7,12,16H,8-9,11H2,1-3H3,(H,19,22)(H,20,21)/t16-/m1/s1. The topological polar surface area (TPSA) is 82.0 Å². The maximum atomic E-state index is 12.1. The lowest BCUT2D eigenvalue weighted by Crippen LogP contribution is -2.49. The molecule has 0 radical (unpaired) electrons. The summed E-state index contributed by atoms with van der Waals surface area (Å²) in [5.74, 6) is 1.15. The molecule has 6 heteroatoms. The first kappa shape index (κ1) is 19.0. The minimum absolute atomic E-state index is 0.0362. The van der Waals surface area contributed by atoms with Crippen molar-refractivity contribution in [3.05, 3.63) is 35.4 Å². The molecule has 0 aliphatic heterocycles. The lowest BCUT2D eigenvalue weighted by Gasteiger charge is -2.20. The molecule has 1 aromatic carbocycles. The van der Waals surface area contributed by atoms with E-state index in [0.29, 0.717) is 12.1 Å². The molecule has 5 nitrogen and oxygen atoms in total. The van der Waals surface area contributed by atoms with Crippen molar-refractivity contribution in [2.24, 2.45) is 5.92 Å². The molecule has 0 aliphatic rings. The summed E-state index contributed by atoms with van der Waals surface area (Å²) in [7, 11) is 0. The van der Waals surface area contributed by atoms with Crippen LogP contribution in [0.2, 0.25) is 0 Å². The fourth-order valence-corrected chi connectivity index (χ4v) is 2.91. The SMILES string of the molecule is CC(=O)N[C@@H](C(=O)NCCSCc1ccccc1C#N)C(C)C. The molecule has 1 aromatic rings. The van der Waals surface area contributed by atoms with Gasteiger partial charge in [-0.1, -0.05) is 32.0 Å². The maximum absolute atomic E-state index is 12.1. The first-order valence-electron chi connectivity index (χ1n) is 7.56. The van der Waals surface area contributed by atoms with Gasteiger partial charge in [-0.25, -0.2) is 0 Å². The summed E-state index contributed by atoms with van der Waals surface area (Å²) in [5.41, 5.74) is 1.69. The Morgan fingerprint density at radius 2 is 2.00 bits per heavy atom. The molecule has 0 unspecified atom stereocenters. The molecule has 0 bridgehead atoms. The average molecular weight is 333 g/mol. The van der Waals surface area contributed by atoms with Gasteiger partial charge in [0.05, 0.1) is 11.6 Å². The molecule has 0 saturated heterocycles. The van der Waals surface area contributed by atoms with Crippen LogP contribution in [-0.2, 0) is 15.3 Å². The second kappa shape index (κ2) is 9.90. The molecule has 0 fully saturated rings. The summed E-state index contributed by atoms with van der Waals surface area (Å²) in [4.78, 5) is 23.2. The summed E-state index contributed by atoms with van der Waals surface area (Å²) < 4.78 is 0. The van der Waals surface area contributed by atoms with E-state index in [1.807, 2.05) is 32.0 Å². The lowest BCUT2D eigenvalue weighted by molar-refractivity contribution is -0.129. The van der Waals surface area contributed by atoms with Crippen LogP contribution in [0, 0.1) is 17.2 Å². The zero-order chi connectivity index (χ0) is 17.2. The summed E-state index contributed by atoms with van der Waals surface area (Å²) in [5, 5.41) is 14.5. The van der Waals surface area contributed by atoms with Gasteiger partial charge in [-0.05, 0) is 17.5 Å². The molecule has 1 atom stereocenters. The van der Waals surface area contributed by atoms with Crippen molar-refractivity contribution in [1.82, 2.24) is 10.6 Å². The summed E-state index contributed by atoms with van der Waals surface area (Å²) in [6.07, 6.45) is 0. The zero-order valence-electron chi connectivity index (χ0n) is 13.8. The highest BCUT2D eigenvalue weighted by molar-refractivity contribution is 7.98. The highest BCUT2D eigenvalue weighted by Crippen LogP contribution is 2.15. The molecule has 0 aromatic heterocycles. The first-order chi connectivity index (χ1) is 11.0. The van der Waals surface area contributed by atoms with Gasteiger partial charge in [0.1, 0.15) is 6.04 Å². The smallest absolute Gasteiger partial charge is 0.242 e. The molecular formula is C17H23N3O2S. The summed E-state index contributed by atoms with van der Waals surface area (Å²) in [6.45, 7) is 5.73. The van der Waals surface area contributed by atoms with Crippen molar-refractivity contribution in [3.8, 4) is 6.07 Å². The average Bonchev–Trinajstić information content (AvgIpc) is 2.52. The van der Waals surface area contributed by atoms with E-state index in [0.717, 1.165) is 17.1 Å². The van der Waals surface area contributed by atoms with E-state index in [-0.39, 0.29) is 17.7 Å². The monoisotopic (exact) mass is 333 g/mol. The van der Waals surface area contributed by atoms with E-state index in [9.17, 15) is 9.59 Å². The highest BCUT2D eigenvalue weighted by Gasteiger charge is 2.22. The van der Waals surface area contributed by atoms with Gasteiger partial charge in [-0.3, -0.25) is 9.59 Å². The van der Waals surface area contributed by atoms with Crippen LogP contribution in [0.3, 0.4) is 0 Å². The first-order valence-corrected chi connectivity index (χ1v) is 8.71. The Bertz CT molecular complexity index is 581. The number of benzene rings is 1. The van der Waals surface area contributed by atoms with Crippen LogP contribution < -0.4 is 10.6 Å². The van der Waals surface area contributed by atoms with Crippen molar-refractivity contribution in [2.75, 3.05) is 12.3 Å². The Kier molecular flexibility index (Phi) is 8.20. The van der Waals surface area contributed by atoms with Crippen molar-refractivity contribution in [2.45, 2.75) is 32.6 Å². The zero-order valence-corrected chi connectivity index (χ0v) is 14.6. The number of amides is 2. The minimum atomic E-state index is -0.503. The van der Waals surface area contributed by atoms with Gasteiger partial charge in [-0.15, -0.1) is 0 Å². The number of carbonyl (C=O) groups is 2. The van der Waals surface area contributed by atoms with Crippen LogP contribution in [0.15, 0.2) is 24.3 Å².